The van der Waals surface area contributed by atoms with Crippen molar-refractivity contribution in [2.45, 2.75) is 69.2 Å². The monoisotopic (exact) mass is 426 g/mol. The molecule has 2 aromatic carbocycles. The molecule has 1 N–H and O–H groups in total. The molecule has 0 aromatic heterocycles. The summed E-state index contributed by atoms with van der Waals surface area (Å²) in [5.74, 6) is 0.688. The average Bonchev–Trinajstić information content (AvgIpc) is 3.21. The summed E-state index contributed by atoms with van der Waals surface area (Å²) < 4.78 is 28.2. The van der Waals surface area contributed by atoms with E-state index in [1.807, 2.05) is 42.2 Å². The molecule has 1 amide bonds. The van der Waals surface area contributed by atoms with Gasteiger partial charge in [0.2, 0.25) is 15.9 Å². The molecule has 0 unspecified atom stereocenters. The Morgan fingerprint density at radius 3 is 2.50 bits per heavy atom. The molecule has 2 aliphatic rings. The molecule has 30 heavy (non-hydrogen) atoms. The summed E-state index contributed by atoms with van der Waals surface area (Å²) in [5, 5.41) is 0. The molecule has 160 valence electrons. The highest BCUT2D eigenvalue weighted by molar-refractivity contribution is 7.89. The van der Waals surface area contributed by atoms with Crippen molar-refractivity contribution >= 4 is 21.6 Å². The molecule has 2 aromatic rings. The molecule has 1 fully saturated rings. The number of nitrogens with one attached hydrogen (secondary N) is 1. The predicted octanol–water partition coefficient (Wildman–Crippen LogP) is 4.51. The van der Waals surface area contributed by atoms with Crippen LogP contribution in [0.15, 0.2) is 47.4 Å². The van der Waals surface area contributed by atoms with Crippen molar-refractivity contribution in [3.05, 3.63) is 59.2 Å². The van der Waals surface area contributed by atoms with Gasteiger partial charge in [-0.15, -0.1) is 0 Å². The Kier molecular flexibility index (Phi) is 6.25. The Morgan fingerprint density at radius 2 is 1.80 bits per heavy atom. The molecule has 0 bridgehead atoms. The van der Waals surface area contributed by atoms with Gasteiger partial charge in [-0.05, 0) is 60.1 Å². The summed E-state index contributed by atoms with van der Waals surface area (Å²) in [5.41, 5.74) is 4.21. The topological polar surface area (TPSA) is 66.5 Å². The normalized spacial score (nSPS) is 17.2. The van der Waals surface area contributed by atoms with Crippen LogP contribution in [-0.4, -0.2) is 20.9 Å². The quantitative estimate of drug-likeness (QED) is 0.739. The van der Waals surface area contributed by atoms with Crippen molar-refractivity contribution in [2.24, 2.45) is 0 Å². The Bertz CT molecular complexity index is 1010. The zero-order chi connectivity index (χ0) is 21.1. The van der Waals surface area contributed by atoms with Gasteiger partial charge < -0.3 is 4.90 Å². The van der Waals surface area contributed by atoms with Crippen LogP contribution in [0.3, 0.4) is 0 Å². The van der Waals surface area contributed by atoms with Gasteiger partial charge in [0, 0.05) is 25.2 Å². The van der Waals surface area contributed by atoms with E-state index in [2.05, 4.69) is 4.72 Å². The number of benzene rings is 2. The van der Waals surface area contributed by atoms with Gasteiger partial charge in [0.05, 0.1) is 4.90 Å². The lowest BCUT2D eigenvalue weighted by atomic mass is 9.84. The smallest absolute Gasteiger partial charge is 0.240 e. The lowest BCUT2D eigenvalue weighted by Gasteiger charge is -2.22. The number of sulfonamides is 1. The van der Waals surface area contributed by atoms with Gasteiger partial charge in [0.1, 0.15) is 0 Å². The molecule has 6 heteroatoms. The van der Waals surface area contributed by atoms with E-state index in [0.717, 1.165) is 23.2 Å². The summed E-state index contributed by atoms with van der Waals surface area (Å²) in [6.07, 6.45) is 7.52. The first-order valence-electron chi connectivity index (χ1n) is 11.0. The fourth-order valence-electron chi connectivity index (χ4n) is 4.63. The summed E-state index contributed by atoms with van der Waals surface area (Å²) >= 11 is 0. The maximum absolute atomic E-state index is 12.7. The average molecular weight is 427 g/mol. The molecule has 0 spiro atoms. The van der Waals surface area contributed by atoms with Crippen molar-refractivity contribution in [1.82, 2.24) is 4.72 Å². The molecule has 1 saturated carbocycles. The highest BCUT2D eigenvalue weighted by Gasteiger charge is 2.24. The van der Waals surface area contributed by atoms with Crippen molar-refractivity contribution in [3.63, 3.8) is 0 Å². The number of amides is 1. The van der Waals surface area contributed by atoms with E-state index in [9.17, 15) is 13.2 Å². The van der Waals surface area contributed by atoms with Crippen LogP contribution in [0, 0.1) is 0 Å². The summed E-state index contributed by atoms with van der Waals surface area (Å²) in [6, 6.07) is 13.2. The second-order valence-corrected chi connectivity index (χ2v) is 10.1. The van der Waals surface area contributed by atoms with Gasteiger partial charge in [-0.1, -0.05) is 50.5 Å². The van der Waals surface area contributed by atoms with Crippen molar-refractivity contribution in [3.8, 4) is 0 Å². The Hall–Kier alpha value is -2.18. The zero-order valence-electron chi connectivity index (χ0n) is 17.6. The van der Waals surface area contributed by atoms with Crippen LogP contribution >= 0.6 is 0 Å². The molecular weight excluding hydrogens is 396 g/mol. The van der Waals surface area contributed by atoms with Crippen LogP contribution in [0.1, 0.15) is 68.1 Å². The highest BCUT2D eigenvalue weighted by Crippen LogP contribution is 2.33. The third kappa shape index (κ3) is 4.44. The van der Waals surface area contributed by atoms with Crippen LogP contribution in [0.4, 0.5) is 5.69 Å². The summed E-state index contributed by atoms with van der Waals surface area (Å²) in [7, 11) is -3.56. The van der Waals surface area contributed by atoms with Crippen molar-refractivity contribution < 1.29 is 13.2 Å². The molecule has 1 aliphatic heterocycles. The van der Waals surface area contributed by atoms with E-state index in [-0.39, 0.29) is 12.5 Å². The lowest BCUT2D eigenvalue weighted by molar-refractivity contribution is -0.118. The van der Waals surface area contributed by atoms with Gasteiger partial charge in [-0.2, -0.15) is 0 Å². The number of carbonyl (C=O) groups excluding carboxylic acids is 1. The number of rotatable bonds is 6. The van der Waals surface area contributed by atoms with Crippen LogP contribution in [0.5, 0.6) is 0 Å². The van der Waals surface area contributed by atoms with Crippen LogP contribution in [-0.2, 0) is 27.8 Å². The Labute approximate surface area is 179 Å². The molecule has 0 atom stereocenters. The maximum Gasteiger partial charge on any atom is 0.240 e. The van der Waals surface area contributed by atoms with Gasteiger partial charge >= 0.3 is 0 Å². The summed E-state index contributed by atoms with van der Waals surface area (Å²) in [6.45, 7) is 2.80. The fourth-order valence-corrected chi connectivity index (χ4v) is 5.65. The van der Waals surface area contributed by atoms with Gasteiger partial charge in [0.15, 0.2) is 0 Å². The molecular formula is C24H30N2O3S. The van der Waals surface area contributed by atoms with Gasteiger partial charge in [-0.3, -0.25) is 4.79 Å². The molecule has 0 radical (unpaired) electrons. The Balaban J connectivity index is 1.41. The Morgan fingerprint density at radius 1 is 1.07 bits per heavy atom. The van der Waals surface area contributed by atoms with E-state index >= 15 is 0 Å². The maximum atomic E-state index is 12.7. The number of hydrogen-bond acceptors (Lipinski definition) is 3. The van der Waals surface area contributed by atoms with Crippen LogP contribution in [0.25, 0.3) is 0 Å². The lowest BCUT2D eigenvalue weighted by Crippen LogP contribution is -2.27. The van der Waals surface area contributed by atoms with Crippen LogP contribution < -0.4 is 9.62 Å². The minimum absolute atomic E-state index is 0.124. The first kappa shape index (κ1) is 21.1. The molecule has 1 heterocycles. The zero-order valence-corrected chi connectivity index (χ0v) is 18.4. The number of hydrogen-bond donors (Lipinski definition) is 1. The first-order chi connectivity index (χ1) is 14.5. The highest BCUT2D eigenvalue weighted by atomic mass is 32.2. The standard InChI is InChI=1S/C24H30N2O3S/c1-2-24(27)26-15-14-21-16-18(8-13-23(21)26)17-25-30(28,29)22-11-9-20(10-12-22)19-6-4-3-5-7-19/h8-13,16,19,25H,2-7,14-15,17H2,1H3. The van der Waals surface area contributed by atoms with Gasteiger partial charge in [-0.25, -0.2) is 13.1 Å². The third-order valence-electron chi connectivity index (χ3n) is 6.38. The minimum Gasteiger partial charge on any atom is -0.312 e. The predicted molar refractivity (Wildman–Crippen MR) is 119 cm³/mol. The van der Waals surface area contributed by atoms with E-state index in [4.69, 9.17) is 0 Å². The molecule has 0 saturated heterocycles. The molecule has 4 rings (SSSR count). The largest absolute Gasteiger partial charge is 0.312 e. The number of fused-ring (bicyclic) bond motifs is 1. The molecule has 5 nitrogen and oxygen atoms in total. The number of nitrogens with zero attached hydrogens (tertiary/aromatic N) is 1. The fraction of sp³-hybridized carbons (Fsp3) is 0.458. The van der Waals surface area contributed by atoms with E-state index in [1.165, 1.54) is 37.7 Å². The second kappa shape index (κ2) is 8.90. The number of anilines is 1. The minimum atomic E-state index is -3.56. The second-order valence-electron chi connectivity index (χ2n) is 8.34. The molecule has 1 aliphatic carbocycles. The van der Waals surface area contributed by atoms with E-state index in [1.54, 1.807) is 12.1 Å². The number of carbonyl (C=O) groups is 1. The summed E-state index contributed by atoms with van der Waals surface area (Å²) in [4.78, 5) is 14.2. The van der Waals surface area contributed by atoms with E-state index < -0.39 is 10.0 Å². The third-order valence-corrected chi connectivity index (χ3v) is 7.79. The first-order valence-corrected chi connectivity index (χ1v) is 12.5. The van der Waals surface area contributed by atoms with Crippen LogP contribution in [0.2, 0.25) is 0 Å². The van der Waals surface area contributed by atoms with Crippen molar-refractivity contribution in [2.75, 3.05) is 11.4 Å². The SMILES string of the molecule is CCC(=O)N1CCc2cc(CNS(=O)(=O)c3ccc(C4CCCCC4)cc3)ccc21. The van der Waals surface area contributed by atoms with Crippen molar-refractivity contribution in [1.29, 1.82) is 0 Å². The van der Waals surface area contributed by atoms with E-state index in [0.29, 0.717) is 23.8 Å². The van der Waals surface area contributed by atoms with Gasteiger partial charge in [0.25, 0.3) is 0 Å².